The fourth-order valence-corrected chi connectivity index (χ4v) is 3.36. The third-order valence-electron chi connectivity index (χ3n) is 4.21. The average molecular weight is 293 g/mol. The summed E-state index contributed by atoms with van der Waals surface area (Å²) in [4.78, 5) is 14.4. The molecule has 104 valence electrons. The van der Waals surface area contributed by atoms with Crippen molar-refractivity contribution in [3.05, 3.63) is 0 Å². The predicted octanol–water partition coefficient (Wildman–Crippen LogP) is 2.42. The Morgan fingerprint density at radius 1 is 1.50 bits per heavy atom. The van der Waals surface area contributed by atoms with Crippen LogP contribution in [0.1, 0.15) is 33.1 Å². The number of hydrogen-bond donors (Lipinski definition) is 1. The van der Waals surface area contributed by atoms with Gasteiger partial charge in [-0.1, -0.05) is 6.92 Å². The van der Waals surface area contributed by atoms with Crippen molar-refractivity contribution in [2.75, 3.05) is 26.2 Å². The normalized spacial score (nSPS) is 35.2. The van der Waals surface area contributed by atoms with Crippen LogP contribution in [0.4, 0.5) is 0 Å². The molecule has 1 aliphatic carbocycles. The van der Waals surface area contributed by atoms with Crippen LogP contribution in [-0.2, 0) is 4.79 Å². The van der Waals surface area contributed by atoms with E-state index in [9.17, 15) is 4.79 Å². The number of piperidine rings is 1. The second-order valence-electron chi connectivity index (χ2n) is 6.02. The second kappa shape index (κ2) is 5.18. The summed E-state index contributed by atoms with van der Waals surface area (Å²) < 4.78 is -0.864. The van der Waals surface area contributed by atoms with Gasteiger partial charge in [-0.25, -0.2) is 0 Å². The molecule has 1 saturated heterocycles. The summed E-state index contributed by atoms with van der Waals surface area (Å²) in [7, 11) is 0. The van der Waals surface area contributed by atoms with E-state index in [0.717, 1.165) is 25.6 Å². The highest BCUT2D eigenvalue weighted by Gasteiger charge is 2.67. The minimum atomic E-state index is -0.864. The SMILES string of the molecule is C[C@@H]1CCCN(CCNC(=O)[C@]2(C)CC2(Cl)Cl)C1. The molecule has 0 bridgehead atoms. The first-order valence-electron chi connectivity index (χ1n) is 6.74. The molecule has 0 unspecified atom stereocenters. The van der Waals surface area contributed by atoms with Crippen molar-refractivity contribution in [1.82, 2.24) is 10.2 Å². The van der Waals surface area contributed by atoms with Crippen LogP contribution in [-0.4, -0.2) is 41.3 Å². The zero-order valence-electron chi connectivity index (χ0n) is 11.1. The van der Waals surface area contributed by atoms with Crippen LogP contribution in [0.25, 0.3) is 0 Å². The Hall–Kier alpha value is 0.01000. The van der Waals surface area contributed by atoms with E-state index in [4.69, 9.17) is 23.2 Å². The zero-order chi connectivity index (χ0) is 13.4. The van der Waals surface area contributed by atoms with E-state index in [-0.39, 0.29) is 5.91 Å². The molecular formula is C13H22Cl2N2O. The Balaban J connectivity index is 1.68. The van der Waals surface area contributed by atoms with E-state index in [2.05, 4.69) is 17.1 Å². The third-order valence-corrected chi connectivity index (χ3v) is 5.32. The first-order chi connectivity index (χ1) is 8.35. The standard InChI is InChI=1S/C13H22Cl2N2O/c1-10-4-3-6-17(8-10)7-5-16-11(18)12(2)9-13(12,14)15/h10H,3-9H2,1-2H3,(H,16,18)/t10-,12+/m1/s1. The number of hydrogen-bond acceptors (Lipinski definition) is 2. The fraction of sp³-hybridized carbons (Fsp3) is 0.923. The number of carbonyl (C=O) groups is 1. The van der Waals surface area contributed by atoms with Gasteiger partial charge in [-0.3, -0.25) is 4.79 Å². The van der Waals surface area contributed by atoms with Crippen molar-refractivity contribution < 1.29 is 4.79 Å². The molecule has 0 spiro atoms. The lowest BCUT2D eigenvalue weighted by atomic mass is 10.0. The van der Waals surface area contributed by atoms with Gasteiger partial charge in [-0.05, 0) is 38.6 Å². The molecule has 2 rings (SSSR count). The number of carbonyl (C=O) groups excluding carboxylic acids is 1. The molecule has 1 amide bonds. The number of likely N-dealkylation sites (tertiary alicyclic amines) is 1. The number of rotatable bonds is 4. The van der Waals surface area contributed by atoms with E-state index in [1.165, 1.54) is 12.8 Å². The van der Waals surface area contributed by atoms with Crippen molar-refractivity contribution in [2.24, 2.45) is 11.3 Å². The predicted molar refractivity (Wildman–Crippen MR) is 75.0 cm³/mol. The van der Waals surface area contributed by atoms with Crippen LogP contribution in [0, 0.1) is 11.3 Å². The molecule has 0 aromatic rings. The summed E-state index contributed by atoms with van der Waals surface area (Å²) in [6, 6.07) is 0. The van der Waals surface area contributed by atoms with Gasteiger partial charge in [-0.15, -0.1) is 23.2 Å². The Bertz CT molecular complexity index is 335. The summed E-state index contributed by atoms with van der Waals surface area (Å²) in [5.41, 5.74) is -0.592. The molecule has 2 aliphatic rings. The monoisotopic (exact) mass is 292 g/mol. The molecule has 0 aromatic carbocycles. The lowest BCUT2D eigenvalue weighted by molar-refractivity contribution is -0.125. The number of amides is 1. The Kier molecular flexibility index (Phi) is 4.15. The first-order valence-corrected chi connectivity index (χ1v) is 7.49. The van der Waals surface area contributed by atoms with Gasteiger partial charge in [0.05, 0.1) is 5.41 Å². The van der Waals surface area contributed by atoms with Gasteiger partial charge >= 0.3 is 0 Å². The van der Waals surface area contributed by atoms with E-state index < -0.39 is 9.75 Å². The first kappa shape index (κ1) is 14.4. The molecule has 1 saturated carbocycles. The molecule has 2 atom stereocenters. The van der Waals surface area contributed by atoms with Gasteiger partial charge in [0.25, 0.3) is 0 Å². The van der Waals surface area contributed by atoms with E-state index in [1.54, 1.807) is 0 Å². The summed E-state index contributed by atoms with van der Waals surface area (Å²) in [5.74, 6) is 0.756. The molecule has 5 heteroatoms. The van der Waals surface area contributed by atoms with Crippen LogP contribution in [0.5, 0.6) is 0 Å². The van der Waals surface area contributed by atoms with Gasteiger partial charge in [0.1, 0.15) is 4.33 Å². The van der Waals surface area contributed by atoms with Crippen LogP contribution in [0.3, 0.4) is 0 Å². The maximum absolute atomic E-state index is 12.0. The minimum absolute atomic E-state index is 0.0162. The van der Waals surface area contributed by atoms with Gasteiger partial charge in [-0.2, -0.15) is 0 Å². The molecule has 1 aliphatic heterocycles. The van der Waals surface area contributed by atoms with Gasteiger partial charge in [0.2, 0.25) is 5.91 Å². The third kappa shape index (κ3) is 2.94. The van der Waals surface area contributed by atoms with Crippen molar-refractivity contribution in [3.63, 3.8) is 0 Å². The highest BCUT2D eigenvalue weighted by atomic mass is 35.5. The second-order valence-corrected chi connectivity index (χ2v) is 7.50. The molecule has 3 nitrogen and oxygen atoms in total. The van der Waals surface area contributed by atoms with E-state index in [1.807, 2.05) is 6.92 Å². The van der Waals surface area contributed by atoms with Gasteiger partial charge < -0.3 is 10.2 Å². The average Bonchev–Trinajstić information content (AvgIpc) is 2.79. The molecule has 1 N–H and O–H groups in total. The number of alkyl halides is 2. The van der Waals surface area contributed by atoms with E-state index >= 15 is 0 Å². The van der Waals surface area contributed by atoms with Crippen molar-refractivity contribution >= 4 is 29.1 Å². The highest BCUT2D eigenvalue weighted by Crippen LogP contribution is 2.63. The lowest BCUT2D eigenvalue weighted by Gasteiger charge is -2.30. The molecule has 0 aromatic heterocycles. The van der Waals surface area contributed by atoms with Crippen molar-refractivity contribution in [3.8, 4) is 0 Å². The summed E-state index contributed by atoms with van der Waals surface area (Å²) in [5, 5.41) is 2.95. The maximum atomic E-state index is 12.0. The summed E-state index contributed by atoms with van der Waals surface area (Å²) in [6.45, 7) is 8.00. The summed E-state index contributed by atoms with van der Waals surface area (Å²) >= 11 is 12.0. The molecule has 18 heavy (non-hydrogen) atoms. The molecule has 0 radical (unpaired) electrons. The largest absolute Gasteiger partial charge is 0.354 e. The van der Waals surface area contributed by atoms with Gasteiger partial charge in [0.15, 0.2) is 0 Å². The van der Waals surface area contributed by atoms with Crippen LogP contribution in [0.15, 0.2) is 0 Å². The van der Waals surface area contributed by atoms with Crippen LogP contribution in [0.2, 0.25) is 0 Å². The smallest absolute Gasteiger partial charge is 0.229 e. The Morgan fingerprint density at radius 3 is 2.72 bits per heavy atom. The molecule has 1 heterocycles. The quantitative estimate of drug-likeness (QED) is 0.807. The Morgan fingerprint density at radius 2 is 2.17 bits per heavy atom. The maximum Gasteiger partial charge on any atom is 0.229 e. The molecular weight excluding hydrogens is 271 g/mol. The Labute approximate surface area is 119 Å². The number of nitrogens with zero attached hydrogens (tertiary/aromatic N) is 1. The van der Waals surface area contributed by atoms with Crippen molar-refractivity contribution in [2.45, 2.75) is 37.4 Å². The number of halogens is 2. The van der Waals surface area contributed by atoms with Crippen LogP contribution < -0.4 is 5.32 Å². The van der Waals surface area contributed by atoms with E-state index in [0.29, 0.717) is 13.0 Å². The summed E-state index contributed by atoms with van der Waals surface area (Å²) in [6.07, 6.45) is 3.14. The fourth-order valence-electron chi connectivity index (χ4n) is 2.66. The minimum Gasteiger partial charge on any atom is -0.354 e. The van der Waals surface area contributed by atoms with Crippen molar-refractivity contribution in [1.29, 1.82) is 0 Å². The number of nitrogens with one attached hydrogen (secondary N) is 1. The van der Waals surface area contributed by atoms with Crippen LogP contribution >= 0.6 is 23.2 Å². The highest BCUT2D eigenvalue weighted by molar-refractivity contribution is 6.53. The topological polar surface area (TPSA) is 32.3 Å². The molecule has 2 fully saturated rings. The lowest BCUT2D eigenvalue weighted by Crippen LogP contribution is -2.42. The van der Waals surface area contributed by atoms with Gasteiger partial charge in [0, 0.05) is 19.6 Å². The zero-order valence-corrected chi connectivity index (χ0v) is 12.7.